The maximum absolute atomic E-state index is 13.2. The molecule has 74 valence electrons. The lowest BCUT2D eigenvalue weighted by atomic mass is 9.95. The SMILES string of the molecule is NC(=O)C1(c2ccc(Br)c(F)c2)CC1. The Morgan fingerprint density at radius 1 is 1.50 bits per heavy atom. The maximum Gasteiger partial charge on any atom is 0.228 e. The number of benzene rings is 1. The number of rotatable bonds is 2. The van der Waals surface area contributed by atoms with E-state index in [0.717, 1.165) is 12.8 Å². The van der Waals surface area contributed by atoms with Crippen molar-refractivity contribution < 1.29 is 9.18 Å². The van der Waals surface area contributed by atoms with Crippen molar-refractivity contribution >= 4 is 21.8 Å². The number of primary amides is 1. The van der Waals surface area contributed by atoms with Crippen LogP contribution in [0, 0.1) is 5.82 Å². The molecule has 4 heteroatoms. The van der Waals surface area contributed by atoms with Gasteiger partial charge in [0.05, 0.1) is 9.89 Å². The molecule has 2 nitrogen and oxygen atoms in total. The van der Waals surface area contributed by atoms with Crippen molar-refractivity contribution in [1.82, 2.24) is 0 Å². The molecule has 0 heterocycles. The lowest BCUT2D eigenvalue weighted by Crippen LogP contribution is -2.28. The third kappa shape index (κ3) is 1.34. The summed E-state index contributed by atoms with van der Waals surface area (Å²) >= 11 is 3.06. The Bertz CT molecular complexity index is 401. The predicted molar refractivity (Wildman–Crippen MR) is 54.2 cm³/mol. The summed E-state index contributed by atoms with van der Waals surface area (Å²) in [7, 11) is 0. The van der Waals surface area contributed by atoms with Crippen molar-refractivity contribution in [1.29, 1.82) is 0 Å². The third-order valence-corrected chi connectivity index (χ3v) is 3.34. The highest BCUT2D eigenvalue weighted by Gasteiger charge is 2.50. The fourth-order valence-electron chi connectivity index (χ4n) is 1.60. The van der Waals surface area contributed by atoms with Crippen molar-refractivity contribution in [3.8, 4) is 0 Å². The molecule has 0 atom stereocenters. The molecule has 14 heavy (non-hydrogen) atoms. The third-order valence-electron chi connectivity index (χ3n) is 2.69. The van der Waals surface area contributed by atoms with Gasteiger partial charge in [0.15, 0.2) is 0 Å². The van der Waals surface area contributed by atoms with Crippen LogP contribution in [0.3, 0.4) is 0 Å². The molecule has 0 aromatic heterocycles. The number of amides is 1. The molecule has 2 rings (SSSR count). The first kappa shape index (κ1) is 9.65. The molecule has 0 spiro atoms. The summed E-state index contributed by atoms with van der Waals surface area (Å²) in [6, 6.07) is 4.72. The van der Waals surface area contributed by atoms with Gasteiger partial charge in [-0.3, -0.25) is 4.79 Å². The number of carbonyl (C=O) groups excluding carboxylic acids is 1. The molecular formula is C10H9BrFNO. The van der Waals surface area contributed by atoms with Gasteiger partial charge >= 0.3 is 0 Å². The molecule has 1 aromatic carbocycles. The fraction of sp³-hybridized carbons (Fsp3) is 0.300. The fourth-order valence-corrected chi connectivity index (χ4v) is 1.84. The second-order valence-electron chi connectivity index (χ2n) is 3.58. The molecule has 1 amide bonds. The van der Waals surface area contributed by atoms with E-state index in [2.05, 4.69) is 15.9 Å². The van der Waals surface area contributed by atoms with Crippen LogP contribution in [-0.2, 0) is 10.2 Å². The van der Waals surface area contributed by atoms with Crippen LogP contribution in [-0.4, -0.2) is 5.91 Å². The molecule has 1 aliphatic carbocycles. The van der Waals surface area contributed by atoms with E-state index < -0.39 is 5.41 Å². The molecule has 1 aromatic rings. The Hall–Kier alpha value is -0.900. The molecule has 1 fully saturated rings. The van der Waals surface area contributed by atoms with E-state index in [1.807, 2.05) is 0 Å². The van der Waals surface area contributed by atoms with E-state index in [4.69, 9.17) is 5.73 Å². The number of hydrogen-bond acceptors (Lipinski definition) is 1. The first-order chi connectivity index (χ1) is 6.56. The zero-order valence-corrected chi connectivity index (χ0v) is 8.97. The molecule has 0 unspecified atom stereocenters. The molecule has 2 N–H and O–H groups in total. The molecule has 0 bridgehead atoms. The van der Waals surface area contributed by atoms with Crippen LogP contribution in [0.1, 0.15) is 18.4 Å². The zero-order chi connectivity index (χ0) is 10.3. The van der Waals surface area contributed by atoms with Crippen LogP contribution in [0.25, 0.3) is 0 Å². The summed E-state index contributed by atoms with van der Waals surface area (Å²) in [5, 5.41) is 0. The van der Waals surface area contributed by atoms with E-state index in [1.54, 1.807) is 12.1 Å². The lowest BCUT2D eigenvalue weighted by Gasteiger charge is -2.11. The molecule has 1 saturated carbocycles. The molecule has 1 aliphatic rings. The summed E-state index contributed by atoms with van der Waals surface area (Å²) in [6.45, 7) is 0. The quantitative estimate of drug-likeness (QED) is 0.867. The molecular weight excluding hydrogens is 249 g/mol. The Morgan fingerprint density at radius 2 is 2.14 bits per heavy atom. The second kappa shape index (κ2) is 3.05. The van der Waals surface area contributed by atoms with Gasteiger partial charge in [0, 0.05) is 0 Å². The Kier molecular flexibility index (Phi) is 2.10. The minimum atomic E-state index is -0.596. The van der Waals surface area contributed by atoms with Gasteiger partial charge in [-0.2, -0.15) is 0 Å². The Balaban J connectivity index is 2.43. The summed E-state index contributed by atoms with van der Waals surface area (Å²) < 4.78 is 13.6. The number of halogens is 2. The average Bonchev–Trinajstić information content (AvgIpc) is 2.90. The van der Waals surface area contributed by atoms with E-state index in [-0.39, 0.29) is 11.7 Å². The summed E-state index contributed by atoms with van der Waals surface area (Å²) in [6.07, 6.45) is 1.45. The van der Waals surface area contributed by atoms with Crippen molar-refractivity contribution in [2.24, 2.45) is 5.73 Å². The standard InChI is InChI=1S/C10H9BrFNO/c11-7-2-1-6(5-8(7)12)10(3-4-10)9(13)14/h1-2,5H,3-4H2,(H2,13,14). The maximum atomic E-state index is 13.2. The van der Waals surface area contributed by atoms with Crippen LogP contribution < -0.4 is 5.73 Å². The van der Waals surface area contributed by atoms with Crippen molar-refractivity contribution in [3.63, 3.8) is 0 Å². The Labute approximate surface area is 89.4 Å². The first-order valence-electron chi connectivity index (χ1n) is 4.32. The highest BCUT2D eigenvalue weighted by Crippen LogP contribution is 2.48. The van der Waals surface area contributed by atoms with Crippen LogP contribution in [0.5, 0.6) is 0 Å². The van der Waals surface area contributed by atoms with Crippen molar-refractivity contribution in [2.75, 3.05) is 0 Å². The summed E-state index contributed by atoms with van der Waals surface area (Å²) in [5.41, 5.74) is 5.37. The van der Waals surface area contributed by atoms with Gasteiger partial charge in [-0.15, -0.1) is 0 Å². The smallest absolute Gasteiger partial charge is 0.228 e. The highest BCUT2D eigenvalue weighted by molar-refractivity contribution is 9.10. The largest absolute Gasteiger partial charge is 0.369 e. The normalized spacial score (nSPS) is 17.9. The van der Waals surface area contributed by atoms with Gasteiger partial charge in [0.1, 0.15) is 5.82 Å². The van der Waals surface area contributed by atoms with Gasteiger partial charge in [0.25, 0.3) is 0 Å². The van der Waals surface area contributed by atoms with Gasteiger partial charge in [0.2, 0.25) is 5.91 Å². The monoisotopic (exact) mass is 257 g/mol. The number of hydrogen-bond donors (Lipinski definition) is 1. The Morgan fingerprint density at radius 3 is 2.57 bits per heavy atom. The van der Waals surface area contributed by atoms with Crippen molar-refractivity contribution in [3.05, 3.63) is 34.1 Å². The zero-order valence-electron chi connectivity index (χ0n) is 7.39. The topological polar surface area (TPSA) is 43.1 Å². The van der Waals surface area contributed by atoms with E-state index >= 15 is 0 Å². The van der Waals surface area contributed by atoms with Gasteiger partial charge in [-0.05, 0) is 46.5 Å². The van der Waals surface area contributed by atoms with Gasteiger partial charge in [-0.1, -0.05) is 6.07 Å². The average molecular weight is 258 g/mol. The van der Waals surface area contributed by atoms with E-state index in [1.165, 1.54) is 6.07 Å². The minimum absolute atomic E-state index is 0.352. The second-order valence-corrected chi connectivity index (χ2v) is 4.43. The summed E-state index contributed by atoms with van der Waals surface area (Å²) in [5.74, 6) is -0.714. The van der Waals surface area contributed by atoms with Crippen LogP contribution in [0.2, 0.25) is 0 Å². The van der Waals surface area contributed by atoms with Gasteiger partial charge in [-0.25, -0.2) is 4.39 Å². The highest BCUT2D eigenvalue weighted by atomic mass is 79.9. The first-order valence-corrected chi connectivity index (χ1v) is 5.11. The number of nitrogens with two attached hydrogens (primary N) is 1. The van der Waals surface area contributed by atoms with E-state index in [9.17, 15) is 9.18 Å². The predicted octanol–water partition coefficient (Wildman–Crippen LogP) is 2.11. The van der Waals surface area contributed by atoms with E-state index in [0.29, 0.717) is 10.0 Å². The molecule has 0 radical (unpaired) electrons. The number of carbonyl (C=O) groups is 1. The van der Waals surface area contributed by atoms with Gasteiger partial charge < -0.3 is 5.73 Å². The molecule has 0 saturated heterocycles. The van der Waals surface area contributed by atoms with Crippen LogP contribution >= 0.6 is 15.9 Å². The van der Waals surface area contributed by atoms with Crippen molar-refractivity contribution in [2.45, 2.75) is 18.3 Å². The lowest BCUT2D eigenvalue weighted by molar-refractivity contribution is -0.120. The molecule has 0 aliphatic heterocycles. The summed E-state index contributed by atoms with van der Waals surface area (Å²) in [4.78, 5) is 11.2. The minimum Gasteiger partial charge on any atom is -0.369 e. The van der Waals surface area contributed by atoms with Crippen LogP contribution in [0.4, 0.5) is 4.39 Å². The van der Waals surface area contributed by atoms with Crippen LogP contribution in [0.15, 0.2) is 22.7 Å².